The number of aliphatic hydroxyl groups is 1. The Morgan fingerprint density at radius 1 is 1.65 bits per heavy atom. The van der Waals surface area contributed by atoms with E-state index in [0.29, 0.717) is 5.69 Å². The fraction of sp³-hybridized carbons (Fsp3) is 0.667. The number of halogens is 1. The van der Waals surface area contributed by atoms with Gasteiger partial charge in [0.15, 0.2) is 18.5 Å². The summed E-state index contributed by atoms with van der Waals surface area (Å²) in [6.07, 6.45) is -3.75. The summed E-state index contributed by atoms with van der Waals surface area (Å²) in [5.74, 6) is -1.27. The largest absolute Gasteiger partial charge is 0.456 e. The molecule has 1 aliphatic rings. The zero-order valence-corrected chi connectivity index (χ0v) is 14.6. The maximum atomic E-state index is 15.1. The molecular weight excluding hydrogens is 349 g/mol. The Morgan fingerprint density at radius 3 is 2.88 bits per heavy atom. The van der Waals surface area contributed by atoms with Crippen molar-refractivity contribution in [1.82, 2.24) is 9.55 Å². The van der Waals surface area contributed by atoms with Crippen LogP contribution in [0.5, 0.6) is 0 Å². The molecule has 2 rings (SSSR count). The second-order valence-electron chi connectivity index (χ2n) is 6.34. The van der Waals surface area contributed by atoms with Crippen LogP contribution in [0.4, 0.5) is 4.39 Å². The lowest BCUT2D eigenvalue weighted by Crippen LogP contribution is -2.50. The molecule has 0 aromatic carbocycles. The Hall–Kier alpha value is -2.49. The van der Waals surface area contributed by atoms with E-state index in [4.69, 9.17) is 15.0 Å². The second-order valence-corrected chi connectivity index (χ2v) is 6.34. The van der Waals surface area contributed by atoms with Crippen LogP contribution in [0.2, 0.25) is 0 Å². The molecule has 1 fully saturated rings. The molecule has 0 amide bonds. The lowest BCUT2D eigenvalue weighted by Gasteiger charge is -2.30. The summed E-state index contributed by atoms with van der Waals surface area (Å²) in [6, 6.07) is 1.49. The van der Waals surface area contributed by atoms with Gasteiger partial charge in [-0.25, -0.2) is 9.18 Å². The molecule has 0 radical (unpaired) electrons. The van der Waals surface area contributed by atoms with Crippen molar-refractivity contribution in [1.29, 1.82) is 0 Å². The van der Waals surface area contributed by atoms with Gasteiger partial charge in [-0.05, 0) is 18.5 Å². The molecule has 1 aliphatic heterocycles. The van der Waals surface area contributed by atoms with E-state index in [1.165, 1.54) is 12.3 Å². The first kappa shape index (κ1) is 19.8. The van der Waals surface area contributed by atoms with Crippen molar-refractivity contribution in [2.45, 2.75) is 44.9 Å². The standard InChI is InChI=1S/C15H20FN5O5/c1-8(2)13(23)25-11-10(16)12(21-5-4-9(3)19-14(21)24)26-15(11,7-22)6-18-20-17/h4-5,8,10-12,22H,6-7H2,1-3H3/t10-,11+,12-,15-/m1/s1. The minimum atomic E-state index is -1.99. The summed E-state index contributed by atoms with van der Waals surface area (Å²) in [6.45, 7) is 3.45. The fourth-order valence-electron chi connectivity index (χ4n) is 2.60. The normalized spacial score (nSPS) is 28.0. The minimum absolute atomic E-state index is 0.435. The smallest absolute Gasteiger partial charge is 0.349 e. The molecule has 0 unspecified atom stereocenters. The number of carbonyl (C=O) groups excluding carboxylic acids is 1. The van der Waals surface area contributed by atoms with Crippen molar-refractivity contribution in [3.05, 3.63) is 38.9 Å². The molecule has 26 heavy (non-hydrogen) atoms. The van der Waals surface area contributed by atoms with Crippen molar-refractivity contribution in [3.8, 4) is 0 Å². The highest BCUT2D eigenvalue weighted by Gasteiger charge is 2.58. The van der Waals surface area contributed by atoms with Gasteiger partial charge in [0.05, 0.1) is 19.1 Å². The Balaban J connectivity index is 2.46. The van der Waals surface area contributed by atoms with Gasteiger partial charge >= 0.3 is 11.7 Å². The number of azide groups is 1. The molecule has 4 atom stereocenters. The highest BCUT2D eigenvalue weighted by Crippen LogP contribution is 2.41. The van der Waals surface area contributed by atoms with Crippen LogP contribution in [0.3, 0.4) is 0 Å². The lowest BCUT2D eigenvalue weighted by molar-refractivity contribution is -0.170. The molecule has 0 saturated carbocycles. The average Bonchev–Trinajstić information content (AvgIpc) is 2.86. The molecule has 1 N–H and O–H groups in total. The SMILES string of the molecule is Cc1ccn([C@@H]2O[C@@](CO)(CN=[N+]=[N-])[C@@H](OC(=O)C(C)C)[C@H]2F)c(=O)n1. The van der Waals surface area contributed by atoms with Gasteiger partial charge in [0.25, 0.3) is 0 Å². The number of ether oxygens (including phenoxy) is 2. The van der Waals surface area contributed by atoms with Gasteiger partial charge in [-0.3, -0.25) is 9.36 Å². The molecule has 11 heteroatoms. The van der Waals surface area contributed by atoms with Crippen molar-refractivity contribution in [3.63, 3.8) is 0 Å². The van der Waals surface area contributed by atoms with Crippen LogP contribution in [-0.2, 0) is 14.3 Å². The van der Waals surface area contributed by atoms with Crippen LogP contribution in [0.25, 0.3) is 10.4 Å². The number of aromatic nitrogens is 2. The Labute approximate surface area is 148 Å². The molecule has 10 nitrogen and oxygen atoms in total. The molecule has 0 bridgehead atoms. The number of hydrogen-bond acceptors (Lipinski definition) is 7. The van der Waals surface area contributed by atoms with Gasteiger partial charge in [0.2, 0.25) is 0 Å². The molecule has 1 aromatic heterocycles. The van der Waals surface area contributed by atoms with Crippen LogP contribution in [-0.4, -0.2) is 51.7 Å². The van der Waals surface area contributed by atoms with Gasteiger partial charge in [-0.2, -0.15) is 4.98 Å². The number of esters is 1. The number of aliphatic hydroxyl groups excluding tert-OH is 1. The third kappa shape index (κ3) is 3.69. The zero-order chi connectivity index (χ0) is 19.5. The van der Waals surface area contributed by atoms with Gasteiger partial charge in [0, 0.05) is 16.8 Å². The van der Waals surface area contributed by atoms with E-state index in [0.717, 1.165) is 4.57 Å². The molecule has 1 saturated heterocycles. The van der Waals surface area contributed by atoms with Crippen LogP contribution in [0.15, 0.2) is 22.2 Å². The predicted octanol–water partition coefficient (Wildman–Crippen LogP) is 1.03. The van der Waals surface area contributed by atoms with Crippen molar-refractivity contribution in [2.75, 3.05) is 13.2 Å². The first-order valence-electron chi connectivity index (χ1n) is 7.95. The zero-order valence-electron chi connectivity index (χ0n) is 14.6. The maximum absolute atomic E-state index is 15.1. The van der Waals surface area contributed by atoms with Crippen molar-refractivity contribution in [2.24, 2.45) is 11.0 Å². The summed E-state index contributed by atoms with van der Waals surface area (Å²) < 4.78 is 26.8. The van der Waals surface area contributed by atoms with E-state index < -0.39 is 54.8 Å². The molecular formula is C15H20FN5O5. The highest BCUT2D eigenvalue weighted by molar-refractivity contribution is 5.71. The number of aryl methyl sites for hydroxylation is 1. The minimum Gasteiger partial charge on any atom is -0.456 e. The highest BCUT2D eigenvalue weighted by atomic mass is 19.1. The number of hydrogen-bond donors (Lipinski definition) is 1. The Bertz CT molecular complexity index is 778. The van der Waals surface area contributed by atoms with Crippen LogP contribution in [0.1, 0.15) is 25.8 Å². The summed E-state index contributed by atoms with van der Waals surface area (Å²) >= 11 is 0. The molecule has 2 heterocycles. The number of nitrogens with zero attached hydrogens (tertiary/aromatic N) is 5. The predicted molar refractivity (Wildman–Crippen MR) is 86.8 cm³/mol. The van der Waals surface area contributed by atoms with E-state index >= 15 is 4.39 Å². The van der Waals surface area contributed by atoms with Crippen molar-refractivity contribution < 1.29 is 23.8 Å². The number of rotatable bonds is 6. The monoisotopic (exact) mass is 369 g/mol. The summed E-state index contributed by atoms with van der Waals surface area (Å²) in [5.41, 5.74) is 6.43. The van der Waals surface area contributed by atoms with Gasteiger partial charge in [-0.1, -0.05) is 19.0 Å². The molecule has 0 spiro atoms. The van der Waals surface area contributed by atoms with Crippen LogP contribution < -0.4 is 5.69 Å². The first-order chi connectivity index (χ1) is 12.3. The topological polar surface area (TPSA) is 139 Å². The van der Waals surface area contributed by atoms with E-state index in [9.17, 15) is 14.7 Å². The third-order valence-electron chi connectivity index (χ3n) is 4.06. The third-order valence-corrected chi connectivity index (χ3v) is 4.06. The van der Waals surface area contributed by atoms with Gasteiger partial charge < -0.3 is 14.6 Å². The van der Waals surface area contributed by atoms with E-state index in [-0.39, 0.29) is 0 Å². The average molecular weight is 369 g/mol. The van der Waals surface area contributed by atoms with E-state index in [1.807, 2.05) is 0 Å². The Kier molecular flexibility index (Phi) is 5.96. The molecule has 1 aromatic rings. The van der Waals surface area contributed by atoms with Gasteiger partial charge in [-0.15, -0.1) is 0 Å². The Morgan fingerprint density at radius 2 is 2.35 bits per heavy atom. The van der Waals surface area contributed by atoms with E-state index in [1.54, 1.807) is 20.8 Å². The first-order valence-corrected chi connectivity index (χ1v) is 7.95. The van der Waals surface area contributed by atoms with Crippen LogP contribution >= 0.6 is 0 Å². The number of carbonyl (C=O) groups is 1. The summed E-state index contributed by atoms with van der Waals surface area (Å²) in [5, 5.41) is 13.1. The number of alkyl halides is 1. The quantitative estimate of drug-likeness (QED) is 0.344. The maximum Gasteiger partial charge on any atom is 0.349 e. The lowest BCUT2D eigenvalue weighted by atomic mass is 9.96. The van der Waals surface area contributed by atoms with Crippen molar-refractivity contribution >= 4 is 5.97 Å². The summed E-state index contributed by atoms with van der Waals surface area (Å²) in [7, 11) is 0. The second kappa shape index (κ2) is 7.81. The van der Waals surface area contributed by atoms with E-state index in [2.05, 4.69) is 15.0 Å². The van der Waals surface area contributed by atoms with Crippen LogP contribution in [0, 0.1) is 12.8 Å². The molecule has 142 valence electrons. The summed E-state index contributed by atoms with van der Waals surface area (Å²) in [4.78, 5) is 30.3. The fourth-order valence-corrected chi connectivity index (χ4v) is 2.60. The molecule has 0 aliphatic carbocycles. The van der Waals surface area contributed by atoms with Gasteiger partial charge in [0.1, 0.15) is 5.60 Å².